The topological polar surface area (TPSA) is 35.5 Å². The molecule has 0 amide bonds. The maximum atomic E-state index is 11.7. The molecule has 2 aromatic rings. The van der Waals surface area contributed by atoms with Crippen LogP contribution in [0.1, 0.15) is 11.1 Å². The standard InChI is InChI=1S/C16H15BrO3/c1-11-4-3-5-13(8-11)19-10-16(18)20-15-7-6-12(2)9-14(15)17/h3-9H,10H2,1-2H3. The lowest BCUT2D eigenvalue weighted by Crippen LogP contribution is -2.17. The van der Waals surface area contributed by atoms with Crippen LogP contribution in [-0.2, 0) is 4.79 Å². The van der Waals surface area contributed by atoms with E-state index in [1.807, 2.05) is 50.2 Å². The van der Waals surface area contributed by atoms with Crippen LogP contribution in [0.15, 0.2) is 46.9 Å². The summed E-state index contributed by atoms with van der Waals surface area (Å²) >= 11 is 3.36. The lowest BCUT2D eigenvalue weighted by Gasteiger charge is -2.08. The van der Waals surface area contributed by atoms with Crippen molar-refractivity contribution in [3.8, 4) is 11.5 Å². The number of aryl methyl sites for hydroxylation is 2. The average Bonchev–Trinajstić information content (AvgIpc) is 2.40. The summed E-state index contributed by atoms with van der Waals surface area (Å²) in [5.74, 6) is 0.717. The first-order valence-electron chi connectivity index (χ1n) is 6.21. The summed E-state index contributed by atoms with van der Waals surface area (Å²) in [4.78, 5) is 11.7. The molecule has 4 heteroatoms. The van der Waals surface area contributed by atoms with E-state index in [2.05, 4.69) is 15.9 Å². The number of rotatable bonds is 4. The highest BCUT2D eigenvalue weighted by atomic mass is 79.9. The first-order chi connectivity index (χ1) is 9.54. The number of benzene rings is 2. The first kappa shape index (κ1) is 14.6. The molecule has 0 fully saturated rings. The van der Waals surface area contributed by atoms with Crippen molar-refractivity contribution in [1.29, 1.82) is 0 Å². The van der Waals surface area contributed by atoms with Gasteiger partial charge in [-0.05, 0) is 65.2 Å². The molecule has 0 aliphatic heterocycles. The molecule has 0 unspecified atom stereocenters. The van der Waals surface area contributed by atoms with Crippen LogP contribution in [0.5, 0.6) is 11.5 Å². The van der Waals surface area contributed by atoms with Crippen molar-refractivity contribution >= 4 is 21.9 Å². The number of carbonyl (C=O) groups excluding carboxylic acids is 1. The van der Waals surface area contributed by atoms with E-state index in [0.717, 1.165) is 15.6 Å². The summed E-state index contributed by atoms with van der Waals surface area (Å²) in [7, 11) is 0. The molecular weight excluding hydrogens is 320 g/mol. The summed E-state index contributed by atoms with van der Waals surface area (Å²) in [5, 5.41) is 0. The maximum Gasteiger partial charge on any atom is 0.349 e. The summed E-state index contributed by atoms with van der Waals surface area (Å²) in [6, 6.07) is 13.1. The minimum Gasteiger partial charge on any atom is -0.482 e. The van der Waals surface area contributed by atoms with Crippen LogP contribution in [0.4, 0.5) is 0 Å². The van der Waals surface area contributed by atoms with Crippen molar-refractivity contribution < 1.29 is 14.3 Å². The highest BCUT2D eigenvalue weighted by Gasteiger charge is 2.09. The summed E-state index contributed by atoms with van der Waals surface area (Å²) < 4.78 is 11.4. The predicted octanol–water partition coefficient (Wildman–Crippen LogP) is 4.05. The minimum absolute atomic E-state index is 0.121. The van der Waals surface area contributed by atoms with Crippen molar-refractivity contribution in [3.63, 3.8) is 0 Å². The fourth-order valence-corrected chi connectivity index (χ4v) is 2.26. The molecule has 0 aliphatic carbocycles. The van der Waals surface area contributed by atoms with Crippen LogP contribution in [-0.4, -0.2) is 12.6 Å². The van der Waals surface area contributed by atoms with Gasteiger partial charge in [0.05, 0.1) is 4.47 Å². The van der Waals surface area contributed by atoms with Gasteiger partial charge in [-0.1, -0.05) is 18.2 Å². The zero-order valence-corrected chi connectivity index (χ0v) is 12.9. The largest absolute Gasteiger partial charge is 0.482 e. The number of ether oxygens (including phenoxy) is 2. The Labute approximate surface area is 126 Å². The van der Waals surface area contributed by atoms with Gasteiger partial charge in [-0.15, -0.1) is 0 Å². The Morgan fingerprint density at radius 3 is 2.55 bits per heavy atom. The van der Waals surface area contributed by atoms with Crippen LogP contribution in [0, 0.1) is 13.8 Å². The zero-order chi connectivity index (χ0) is 14.5. The van der Waals surface area contributed by atoms with E-state index in [0.29, 0.717) is 11.5 Å². The van der Waals surface area contributed by atoms with Gasteiger partial charge in [-0.3, -0.25) is 0 Å². The second kappa shape index (κ2) is 6.57. The van der Waals surface area contributed by atoms with Crippen molar-refractivity contribution in [3.05, 3.63) is 58.1 Å². The molecule has 20 heavy (non-hydrogen) atoms. The molecule has 0 aromatic heterocycles. The van der Waals surface area contributed by atoms with E-state index in [9.17, 15) is 4.79 Å². The normalized spacial score (nSPS) is 10.2. The van der Waals surface area contributed by atoms with Gasteiger partial charge in [0.25, 0.3) is 0 Å². The molecule has 0 radical (unpaired) electrons. The summed E-state index contributed by atoms with van der Waals surface area (Å²) in [6.45, 7) is 3.82. The zero-order valence-electron chi connectivity index (χ0n) is 11.4. The quantitative estimate of drug-likeness (QED) is 0.625. The van der Waals surface area contributed by atoms with E-state index in [-0.39, 0.29) is 6.61 Å². The summed E-state index contributed by atoms with van der Waals surface area (Å²) in [6.07, 6.45) is 0. The molecule has 2 aromatic carbocycles. The van der Waals surface area contributed by atoms with Gasteiger partial charge in [0.2, 0.25) is 0 Å². The molecule has 0 spiro atoms. The van der Waals surface area contributed by atoms with Gasteiger partial charge in [0.15, 0.2) is 6.61 Å². The highest BCUT2D eigenvalue weighted by Crippen LogP contribution is 2.25. The van der Waals surface area contributed by atoms with Crippen molar-refractivity contribution in [1.82, 2.24) is 0 Å². The minimum atomic E-state index is -0.434. The predicted molar refractivity (Wildman–Crippen MR) is 81.2 cm³/mol. The molecule has 2 rings (SSSR count). The Bertz CT molecular complexity index is 623. The van der Waals surface area contributed by atoms with Crippen LogP contribution in [0.3, 0.4) is 0 Å². The monoisotopic (exact) mass is 334 g/mol. The molecular formula is C16H15BrO3. The molecule has 0 saturated carbocycles. The van der Waals surface area contributed by atoms with Gasteiger partial charge < -0.3 is 9.47 Å². The second-order valence-electron chi connectivity index (χ2n) is 4.51. The third-order valence-corrected chi connectivity index (χ3v) is 3.28. The Kier molecular flexibility index (Phi) is 4.79. The average molecular weight is 335 g/mol. The van der Waals surface area contributed by atoms with Crippen molar-refractivity contribution in [2.45, 2.75) is 13.8 Å². The van der Waals surface area contributed by atoms with Gasteiger partial charge in [-0.25, -0.2) is 4.79 Å². The van der Waals surface area contributed by atoms with Gasteiger partial charge in [0.1, 0.15) is 11.5 Å². The molecule has 0 atom stereocenters. The van der Waals surface area contributed by atoms with Gasteiger partial charge in [-0.2, -0.15) is 0 Å². The lowest BCUT2D eigenvalue weighted by molar-refractivity contribution is -0.136. The number of esters is 1. The van der Waals surface area contributed by atoms with Crippen molar-refractivity contribution in [2.24, 2.45) is 0 Å². The van der Waals surface area contributed by atoms with E-state index in [4.69, 9.17) is 9.47 Å². The fraction of sp³-hybridized carbons (Fsp3) is 0.188. The van der Waals surface area contributed by atoms with Crippen LogP contribution in [0.25, 0.3) is 0 Å². The Hall–Kier alpha value is -1.81. The number of hydrogen-bond donors (Lipinski definition) is 0. The molecule has 0 heterocycles. The van der Waals surface area contributed by atoms with E-state index in [1.54, 1.807) is 6.07 Å². The SMILES string of the molecule is Cc1cccc(OCC(=O)Oc2ccc(C)cc2Br)c1. The number of halogens is 1. The van der Waals surface area contributed by atoms with Crippen molar-refractivity contribution in [2.75, 3.05) is 6.61 Å². The van der Waals surface area contributed by atoms with Gasteiger partial charge in [0, 0.05) is 0 Å². The smallest absolute Gasteiger partial charge is 0.349 e. The molecule has 3 nitrogen and oxygen atoms in total. The van der Waals surface area contributed by atoms with Crippen LogP contribution < -0.4 is 9.47 Å². The Morgan fingerprint density at radius 1 is 1.10 bits per heavy atom. The number of hydrogen-bond acceptors (Lipinski definition) is 3. The molecule has 0 aliphatic rings. The van der Waals surface area contributed by atoms with Gasteiger partial charge >= 0.3 is 5.97 Å². The summed E-state index contributed by atoms with van der Waals surface area (Å²) in [5.41, 5.74) is 2.17. The Balaban J connectivity index is 1.92. The van der Waals surface area contributed by atoms with E-state index in [1.165, 1.54) is 0 Å². The van der Waals surface area contributed by atoms with E-state index >= 15 is 0 Å². The fourth-order valence-electron chi connectivity index (χ4n) is 1.69. The number of carbonyl (C=O) groups is 1. The second-order valence-corrected chi connectivity index (χ2v) is 5.37. The molecule has 0 N–H and O–H groups in total. The van der Waals surface area contributed by atoms with E-state index < -0.39 is 5.97 Å². The van der Waals surface area contributed by atoms with Crippen LogP contribution >= 0.6 is 15.9 Å². The molecule has 104 valence electrons. The third kappa shape index (κ3) is 4.10. The van der Waals surface area contributed by atoms with Crippen LogP contribution in [0.2, 0.25) is 0 Å². The maximum absolute atomic E-state index is 11.7. The lowest BCUT2D eigenvalue weighted by atomic mass is 10.2. The highest BCUT2D eigenvalue weighted by molar-refractivity contribution is 9.10. The third-order valence-electron chi connectivity index (χ3n) is 2.66. The first-order valence-corrected chi connectivity index (χ1v) is 7.00. The Morgan fingerprint density at radius 2 is 1.85 bits per heavy atom. The molecule has 0 saturated heterocycles. The molecule has 0 bridgehead atoms.